The van der Waals surface area contributed by atoms with E-state index in [4.69, 9.17) is 17.2 Å². The number of aromatic nitrogens is 2. The molecule has 114 valence electrons. The van der Waals surface area contributed by atoms with Crippen LogP contribution in [0.15, 0.2) is 29.4 Å². The molecule has 0 bridgehead atoms. The summed E-state index contributed by atoms with van der Waals surface area (Å²) in [6.45, 7) is 1.90. The van der Waals surface area contributed by atoms with E-state index < -0.39 is 17.3 Å². The summed E-state index contributed by atoms with van der Waals surface area (Å²) in [6, 6.07) is 4.26. The van der Waals surface area contributed by atoms with Gasteiger partial charge in [-0.1, -0.05) is 0 Å². The summed E-state index contributed by atoms with van der Waals surface area (Å²) in [4.78, 5) is 19.8. The second-order valence-electron chi connectivity index (χ2n) is 5.43. The van der Waals surface area contributed by atoms with Crippen molar-refractivity contribution in [2.24, 2.45) is 16.5 Å². The number of carbonyl (C=O) groups excluding carboxylic acids is 1. The number of hydrogen-bond acceptors (Lipinski definition) is 5. The maximum Gasteiger partial charge on any atom is 0.284 e. The Morgan fingerprint density at radius 2 is 2.14 bits per heavy atom. The maximum absolute atomic E-state index is 14.2. The molecular weight excluding hydrogens is 287 g/mol. The molecule has 3 rings (SSSR count). The van der Waals surface area contributed by atoms with Gasteiger partial charge in [0, 0.05) is 11.3 Å². The Kier molecular flexibility index (Phi) is 2.91. The lowest BCUT2D eigenvalue weighted by Crippen LogP contribution is -2.39. The molecule has 0 saturated heterocycles. The zero-order valence-electron chi connectivity index (χ0n) is 11.9. The van der Waals surface area contributed by atoms with Gasteiger partial charge in [0.1, 0.15) is 22.9 Å². The van der Waals surface area contributed by atoms with Gasteiger partial charge in [-0.3, -0.25) is 9.79 Å². The molecule has 1 aliphatic rings. The molecule has 0 fully saturated rings. The number of nitrogen functional groups attached to an aromatic ring is 1. The standard InChI is InChI=1S/C14H15FN6O/c1-14(8-4-7(16)2-3-9(8)15)6-21-10(11(17)20-14)5-19-13(21)12(18)22/h2-5H,6,16H2,1H3,(H2,17,20)(H2,18,22)/t14-/m0/s1. The van der Waals surface area contributed by atoms with Crippen LogP contribution in [-0.2, 0) is 12.1 Å². The molecule has 2 aromatic rings. The summed E-state index contributed by atoms with van der Waals surface area (Å²) in [5.41, 5.74) is 17.2. The minimum atomic E-state index is -1.01. The Balaban J connectivity index is 2.17. The van der Waals surface area contributed by atoms with E-state index in [1.54, 1.807) is 11.5 Å². The van der Waals surface area contributed by atoms with E-state index >= 15 is 0 Å². The molecule has 1 aliphatic heterocycles. The first-order valence-corrected chi connectivity index (χ1v) is 6.58. The highest BCUT2D eigenvalue weighted by Gasteiger charge is 2.36. The summed E-state index contributed by atoms with van der Waals surface area (Å²) in [6.07, 6.45) is 1.42. The number of fused-ring (bicyclic) bond motifs is 1. The first-order valence-electron chi connectivity index (χ1n) is 6.58. The zero-order chi connectivity index (χ0) is 16.1. The Morgan fingerprint density at radius 3 is 2.82 bits per heavy atom. The first-order chi connectivity index (χ1) is 10.3. The molecule has 0 unspecified atom stereocenters. The molecular formula is C14H15FN6O. The largest absolute Gasteiger partial charge is 0.399 e. The van der Waals surface area contributed by atoms with Gasteiger partial charge in [-0.2, -0.15) is 0 Å². The van der Waals surface area contributed by atoms with E-state index in [1.807, 2.05) is 0 Å². The fraction of sp³-hybridized carbons (Fsp3) is 0.214. The predicted octanol–water partition coefficient (Wildman–Crippen LogP) is 0.338. The number of hydrogen-bond donors (Lipinski definition) is 3. The van der Waals surface area contributed by atoms with Crippen molar-refractivity contribution in [3.05, 3.63) is 47.3 Å². The van der Waals surface area contributed by atoms with Crippen LogP contribution in [0.5, 0.6) is 0 Å². The second kappa shape index (κ2) is 4.55. The third kappa shape index (κ3) is 2.00. The number of nitrogens with zero attached hydrogens (tertiary/aromatic N) is 3. The van der Waals surface area contributed by atoms with E-state index in [0.29, 0.717) is 16.9 Å². The fourth-order valence-corrected chi connectivity index (χ4v) is 2.70. The van der Waals surface area contributed by atoms with Crippen LogP contribution < -0.4 is 17.2 Å². The van der Waals surface area contributed by atoms with Gasteiger partial charge in [-0.25, -0.2) is 9.37 Å². The second-order valence-corrected chi connectivity index (χ2v) is 5.43. The van der Waals surface area contributed by atoms with E-state index in [2.05, 4.69) is 9.98 Å². The highest BCUT2D eigenvalue weighted by molar-refractivity contribution is 5.99. The van der Waals surface area contributed by atoms with Gasteiger partial charge >= 0.3 is 0 Å². The molecule has 1 aromatic heterocycles. The molecule has 1 amide bonds. The average Bonchev–Trinajstić information content (AvgIpc) is 2.85. The highest BCUT2D eigenvalue weighted by Crippen LogP contribution is 2.34. The van der Waals surface area contributed by atoms with Crippen molar-refractivity contribution in [1.82, 2.24) is 9.55 Å². The number of carbonyl (C=O) groups is 1. The summed E-state index contributed by atoms with van der Waals surface area (Å²) >= 11 is 0. The van der Waals surface area contributed by atoms with E-state index in [1.165, 1.54) is 24.4 Å². The van der Waals surface area contributed by atoms with Gasteiger partial charge in [0.2, 0.25) is 0 Å². The van der Waals surface area contributed by atoms with Gasteiger partial charge in [0.15, 0.2) is 5.82 Å². The van der Waals surface area contributed by atoms with Crippen molar-refractivity contribution in [1.29, 1.82) is 0 Å². The molecule has 0 spiro atoms. The topological polar surface area (TPSA) is 125 Å². The highest BCUT2D eigenvalue weighted by atomic mass is 19.1. The van der Waals surface area contributed by atoms with Crippen LogP contribution in [0.3, 0.4) is 0 Å². The number of benzene rings is 1. The zero-order valence-corrected chi connectivity index (χ0v) is 11.9. The summed E-state index contributed by atoms with van der Waals surface area (Å²) in [7, 11) is 0. The Hall–Kier alpha value is -2.90. The number of rotatable bonds is 2. The summed E-state index contributed by atoms with van der Waals surface area (Å²) in [5.74, 6) is -0.909. The molecule has 22 heavy (non-hydrogen) atoms. The molecule has 2 heterocycles. The van der Waals surface area contributed by atoms with E-state index in [9.17, 15) is 9.18 Å². The number of imidazole rings is 1. The van der Waals surface area contributed by atoms with Crippen molar-refractivity contribution in [3.8, 4) is 0 Å². The van der Waals surface area contributed by atoms with Crippen LogP contribution in [-0.4, -0.2) is 21.3 Å². The van der Waals surface area contributed by atoms with Gasteiger partial charge in [0.25, 0.3) is 5.91 Å². The number of amides is 1. The minimum absolute atomic E-state index is 0.0587. The number of nitrogens with two attached hydrogens (primary N) is 3. The smallest absolute Gasteiger partial charge is 0.284 e. The first kappa shape index (κ1) is 14.1. The van der Waals surface area contributed by atoms with Crippen LogP contribution in [0.1, 0.15) is 28.8 Å². The van der Waals surface area contributed by atoms with Gasteiger partial charge < -0.3 is 21.8 Å². The van der Waals surface area contributed by atoms with Crippen LogP contribution in [0, 0.1) is 5.82 Å². The van der Waals surface area contributed by atoms with Crippen LogP contribution >= 0.6 is 0 Å². The molecule has 1 aromatic carbocycles. The summed E-state index contributed by atoms with van der Waals surface area (Å²) in [5, 5.41) is 0. The van der Waals surface area contributed by atoms with Crippen molar-refractivity contribution in [2.75, 3.05) is 5.73 Å². The lowest BCUT2D eigenvalue weighted by atomic mass is 9.90. The molecule has 1 atom stereocenters. The fourth-order valence-electron chi connectivity index (χ4n) is 2.70. The third-order valence-corrected chi connectivity index (χ3v) is 3.74. The van der Waals surface area contributed by atoms with Gasteiger partial charge in [-0.15, -0.1) is 0 Å². The molecule has 6 N–H and O–H groups in total. The third-order valence-electron chi connectivity index (χ3n) is 3.74. The number of amidine groups is 1. The van der Waals surface area contributed by atoms with Crippen molar-refractivity contribution < 1.29 is 9.18 Å². The molecule has 0 aliphatic carbocycles. The van der Waals surface area contributed by atoms with Crippen molar-refractivity contribution in [3.63, 3.8) is 0 Å². The Bertz CT molecular complexity index is 812. The number of anilines is 1. The van der Waals surface area contributed by atoms with Crippen molar-refractivity contribution >= 4 is 17.4 Å². The Labute approximate surface area is 125 Å². The number of primary amides is 1. The van der Waals surface area contributed by atoms with Gasteiger partial charge in [0.05, 0.1) is 12.7 Å². The molecule has 7 nitrogen and oxygen atoms in total. The van der Waals surface area contributed by atoms with E-state index in [-0.39, 0.29) is 18.2 Å². The van der Waals surface area contributed by atoms with Crippen molar-refractivity contribution in [2.45, 2.75) is 19.0 Å². The monoisotopic (exact) mass is 302 g/mol. The lowest BCUT2D eigenvalue weighted by molar-refractivity contribution is 0.0984. The molecule has 8 heteroatoms. The number of halogens is 1. The Morgan fingerprint density at radius 1 is 1.41 bits per heavy atom. The predicted molar refractivity (Wildman–Crippen MR) is 79.6 cm³/mol. The summed E-state index contributed by atoms with van der Waals surface area (Å²) < 4.78 is 15.8. The molecule has 0 saturated carbocycles. The average molecular weight is 302 g/mol. The van der Waals surface area contributed by atoms with E-state index in [0.717, 1.165) is 0 Å². The normalized spacial score (nSPS) is 20.4. The van der Waals surface area contributed by atoms with Crippen LogP contribution in [0.4, 0.5) is 10.1 Å². The van der Waals surface area contributed by atoms with Crippen LogP contribution in [0.25, 0.3) is 0 Å². The quantitative estimate of drug-likeness (QED) is 0.691. The number of aliphatic imine (C=N–C) groups is 1. The lowest BCUT2D eigenvalue weighted by Gasteiger charge is -2.32. The SMILES string of the molecule is C[C@@]1(c2cc(N)ccc2F)Cn2c(cnc2C(N)=O)C(N)=N1. The molecule has 0 radical (unpaired) electrons. The van der Waals surface area contributed by atoms with Gasteiger partial charge in [-0.05, 0) is 25.1 Å². The minimum Gasteiger partial charge on any atom is -0.399 e. The van der Waals surface area contributed by atoms with Crippen LogP contribution in [0.2, 0.25) is 0 Å². The maximum atomic E-state index is 14.2.